The summed E-state index contributed by atoms with van der Waals surface area (Å²) in [6.45, 7) is 0. The molecular weight excluding hydrogens is 252 g/mol. The third-order valence-electron chi connectivity index (χ3n) is 2.07. The maximum atomic E-state index is 5.54. The number of rotatable bonds is 0. The Labute approximate surface area is 120 Å². The average molecular weight is 269 g/mol. The normalized spacial score (nSPS) is 8.26. The van der Waals surface area contributed by atoms with Crippen molar-refractivity contribution in [2.24, 2.45) is 0 Å². The smallest absolute Gasteiger partial charge is 0.0405 e. The fourth-order valence-corrected chi connectivity index (χ4v) is 1.33. The summed E-state index contributed by atoms with van der Waals surface area (Å²) in [5, 5.41) is 0.794. The molecule has 0 radical (unpaired) electrons. The van der Waals surface area contributed by atoms with Gasteiger partial charge in [-0.25, -0.2) is 0 Å². The lowest BCUT2D eigenvalue weighted by atomic mass is 10.4. The monoisotopic (exact) mass is 268 g/mol. The van der Waals surface area contributed by atoms with Crippen molar-refractivity contribution in [2.45, 2.75) is 0 Å². The van der Waals surface area contributed by atoms with E-state index in [-0.39, 0.29) is 0 Å². The predicted molar refractivity (Wildman–Crippen MR) is 84.3 cm³/mol. The van der Waals surface area contributed by atoms with Gasteiger partial charge in [0.2, 0.25) is 0 Å². The van der Waals surface area contributed by atoms with E-state index in [1.54, 1.807) is 0 Å². The molecule has 0 aromatic heterocycles. The minimum absolute atomic E-state index is 0.794. The summed E-state index contributed by atoms with van der Waals surface area (Å²) in [6.07, 6.45) is 0. The topological polar surface area (TPSA) is 0 Å². The van der Waals surface area contributed by atoms with Crippen LogP contribution in [-0.2, 0) is 0 Å². The first-order valence-electron chi connectivity index (χ1n) is 6.10. The van der Waals surface area contributed by atoms with Crippen molar-refractivity contribution < 1.29 is 0 Å². The van der Waals surface area contributed by atoms with Gasteiger partial charge in [0.05, 0.1) is 0 Å². The van der Waals surface area contributed by atoms with Gasteiger partial charge in [0.1, 0.15) is 0 Å². The zero-order valence-corrected chi connectivity index (χ0v) is 11.4. The summed E-state index contributed by atoms with van der Waals surface area (Å²) in [5.41, 5.74) is 0. The second kappa shape index (κ2) is 11.1. The lowest BCUT2D eigenvalue weighted by molar-refractivity contribution is 1.71. The Balaban J connectivity index is 0.000000143. The predicted octanol–water partition coefficient (Wildman–Crippen LogP) is 5.71. The van der Waals surface area contributed by atoms with E-state index in [1.807, 2.05) is 103 Å². The van der Waals surface area contributed by atoms with Gasteiger partial charge in [-0.1, -0.05) is 103 Å². The first-order valence-corrected chi connectivity index (χ1v) is 6.48. The number of halogens is 1. The first-order chi connectivity index (χ1) is 9.39. The number of hydrogen-bond donors (Lipinski definition) is 0. The van der Waals surface area contributed by atoms with Crippen LogP contribution in [0.4, 0.5) is 0 Å². The van der Waals surface area contributed by atoms with Gasteiger partial charge in [0.25, 0.3) is 0 Å². The molecule has 1 heteroatoms. The summed E-state index contributed by atoms with van der Waals surface area (Å²) in [6, 6.07) is 33.4. The van der Waals surface area contributed by atoms with Crippen LogP contribution in [0, 0.1) is 0 Å². The van der Waals surface area contributed by atoms with Crippen LogP contribution in [0.3, 0.4) is 0 Å². The number of benzene rings is 3. The van der Waals surface area contributed by atoms with Crippen LogP contribution in [-0.4, -0.2) is 0 Å². The molecule has 0 unspecified atom stereocenters. The molecule has 3 aromatic rings. The van der Waals surface area contributed by atoms with E-state index in [0.717, 1.165) is 5.02 Å². The molecule has 0 aliphatic carbocycles. The van der Waals surface area contributed by atoms with Gasteiger partial charge < -0.3 is 0 Å². The summed E-state index contributed by atoms with van der Waals surface area (Å²) < 4.78 is 0. The quantitative estimate of drug-likeness (QED) is 0.490. The third-order valence-corrected chi connectivity index (χ3v) is 2.32. The summed E-state index contributed by atoms with van der Waals surface area (Å²) in [4.78, 5) is 0. The molecule has 3 aromatic carbocycles. The molecule has 0 N–H and O–H groups in total. The van der Waals surface area contributed by atoms with Gasteiger partial charge in [-0.3, -0.25) is 0 Å². The highest BCUT2D eigenvalue weighted by Gasteiger charge is 1.74. The first kappa shape index (κ1) is 15.0. The lowest BCUT2D eigenvalue weighted by Gasteiger charge is -1.80. The van der Waals surface area contributed by atoms with Gasteiger partial charge in [0, 0.05) is 5.02 Å². The maximum Gasteiger partial charge on any atom is 0.0405 e. The maximum absolute atomic E-state index is 5.54. The zero-order valence-electron chi connectivity index (χ0n) is 10.7. The van der Waals surface area contributed by atoms with E-state index < -0.39 is 0 Å². The minimum atomic E-state index is 0.794. The van der Waals surface area contributed by atoms with Crippen molar-refractivity contribution >= 4 is 11.6 Å². The van der Waals surface area contributed by atoms with E-state index in [4.69, 9.17) is 11.6 Å². The van der Waals surface area contributed by atoms with E-state index in [9.17, 15) is 0 Å². The Morgan fingerprint density at radius 2 is 0.579 bits per heavy atom. The van der Waals surface area contributed by atoms with E-state index in [1.165, 1.54) is 0 Å². The molecule has 3 rings (SSSR count). The van der Waals surface area contributed by atoms with Crippen molar-refractivity contribution in [3.8, 4) is 0 Å². The van der Waals surface area contributed by atoms with Crippen molar-refractivity contribution in [1.82, 2.24) is 0 Å². The largest absolute Gasteiger partial charge is 0.0843 e. The molecule has 0 bridgehead atoms. The molecule has 19 heavy (non-hydrogen) atoms. The highest BCUT2D eigenvalue weighted by Crippen LogP contribution is 2.03. The highest BCUT2D eigenvalue weighted by molar-refractivity contribution is 6.30. The fourth-order valence-electron chi connectivity index (χ4n) is 1.18. The summed E-state index contributed by atoms with van der Waals surface area (Å²) >= 11 is 5.54. The van der Waals surface area contributed by atoms with Crippen molar-refractivity contribution in [3.05, 3.63) is 108 Å². The Bertz CT molecular complexity index is 407. The highest BCUT2D eigenvalue weighted by atomic mass is 35.5. The molecule has 96 valence electrons. The Hall–Kier alpha value is -2.05. The van der Waals surface area contributed by atoms with Gasteiger partial charge >= 0.3 is 0 Å². The third kappa shape index (κ3) is 9.63. The second-order valence-corrected chi connectivity index (χ2v) is 4.04. The van der Waals surface area contributed by atoms with Crippen LogP contribution in [0.15, 0.2) is 103 Å². The van der Waals surface area contributed by atoms with Crippen molar-refractivity contribution in [1.29, 1.82) is 0 Å². The molecule has 0 spiro atoms. The number of hydrogen-bond acceptors (Lipinski definition) is 0. The van der Waals surface area contributed by atoms with Crippen molar-refractivity contribution in [3.63, 3.8) is 0 Å². The zero-order chi connectivity index (χ0) is 13.6. The second-order valence-electron chi connectivity index (χ2n) is 3.60. The Morgan fingerprint density at radius 1 is 0.368 bits per heavy atom. The van der Waals surface area contributed by atoms with E-state index >= 15 is 0 Å². The average Bonchev–Trinajstić information content (AvgIpc) is 2.53. The Morgan fingerprint density at radius 3 is 0.737 bits per heavy atom. The van der Waals surface area contributed by atoms with Gasteiger partial charge in [-0.2, -0.15) is 0 Å². The molecular formula is C18H17Cl. The molecule has 0 nitrogen and oxygen atoms in total. The van der Waals surface area contributed by atoms with Gasteiger partial charge in [-0.05, 0) is 12.1 Å². The minimum Gasteiger partial charge on any atom is -0.0843 e. The molecule has 0 saturated carbocycles. The van der Waals surface area contributed by atoms with Gasteiger partial charge in [0.15, 0.2) is 0 Å². The van der Waals surface area contributed by atoms with Crippen LogP contribution < -0.4 is 0 Å². The molecule has 0 aliphatic heterocycles. The van der Waals surface area contributed by atoms with Crippen LogP contribution in [0.25, 0.3) is 0 Å². The fraction of sp³-hybridized carbons (Fsp3) is 0. The van der Waals surface area contributed by atoms with Crippen LogP contribution in [0.1, 0.15) is 0 Å². The molecule has 0 amide bonds. The molecule has 0 atom stereocenters. The molecule has 0 heterocycles. The lowest BCUT2D eigenvalue weighted by Crippen LogP contribution is -1.55. The van der Waals surface area contributed by atoms with E-state index in [0.29, 0.717) is 0 Å². The summed E-state index contributed by atoms with van der Waals surface area (Å²) in [5.74, 6) is 0. The SMILES string of the molecule is Clc1ccccc1.c1ccccc1.c1ccccc1. The standard InChI is InChI=1S/C6H5Cl.2C6H6/c7-6-4-2-1-3-5-6;2*1-2-4-6-5-3-1/h1-5H;2*1-6H. The van der Waals surface area contributed by atoms with Crippen LogP contribution in [0.5, 0.6) is 0 Å². The molecule has 0 saturated heterocycles. The van der Waals surface area contributed by atoms with E-state index in [2.05, 4.69) is 0 Å². The Kier molecular flexibility index (Phi) is 8.74. The van der Waals surface area contributed by atoms with Crippen LogP contribution >= 0.6 is 11.6 Å². The molecule has 0 aliphatic rings. The summed E-state index contributed by atoms with van der Waals surface area (Å²) in [7, 11) is 0. The molecule has 0 fully saturated rings. The van der Waals surface area contributed by atoms with Crippen molar-refractivity contribution in [2.75, 3.05) is 0 Å². The van der Waals surface area contributed by atoms with Crippen LogP contribution in [0.2, 0.25) is 5.02 Å². The van der Waals surface area contributed by atoms with Gasteiger partial charge in [-0.15, -0.1) is 0 Å².